The predicted octanol–water partition coefficient (Wildman–Crippen LogP) is 2.37. The van der Waals surface area contributed by atoms with E-state index >= 15 is 0 Å². The summed E-state index contributed by atoms with van der Waals surface area (Å²) in [5, 5.41) is 3.46. The molecular formula is C16H25N3O2. The SMILES string of the molecule is CC(C)(C)OC(=O)N1CCC(NCc2ccccc2N)C1. The van der Waals surface area contributed by atoms with E-state index in [1.54, 1.807) is 4.90 Å². The van der Waals surface area contributed by atoms with E-state index in [2.05, 4.69) is 5.32 Å². The molecule has 21 heavy (non-hydrogen) atoms. The minimum Gasteiger partial charge on any atom is -0.444 e. The molecule has 0 bridgehead atoms. The number of rotatable bonds is 3. The van der Waals surface area contributed by atoms with E-state index < -0.39 is 5.60 Å². The Labute approximate surface area is 126 Å². The second kappa shape index (κ2) is 6.35. The lowest BCUT2D eigenvalue weighted by atomic mass is 10.1. The van der Waals surface area contributed by atoms with Crippen molar-refractivity contribution in [2.45, 2.75) is 45.4 Å². The van der Waals surface area contributed by atoms with Crippen LogP contribution in [0.1, 0.15) is 32.8 Å². The lowest BCUT2D eigenvalue weighted by Gasteiger charge is -2.24. The highest BCUT2D eigenvalue weighted by molar-refractivity contribution is 5.68. The van der Waals surface area contributed by atoms with Gasteiger partial charge in [0, 0.05) is 31.4 Å². The van der Waals surface area contributed by atoms with E-state index in [4.69, 9.17) is 10.5 Å². The first-order chi connectivity index (χ1) is 9.85. The van der Waals surface area contributed by atoms with Crippen LogP contribution in [0.5, 0.6) is 0 Å². The highest BCUT2D eigenvalue weighted by atomic mass is 16.6. The normalized spacial score (nSPS) is 18.8. The van der Waals surface area contributed by atoms with Gasteiger partial charge < -0.3 is 20.7 Å². The third-order valence-electron chi connectivity index (χ3n) is 3.48. The highest BCUT2D eigenvalue weighted by Crippen LogP contribution is 2.16. The van der Waals surface area contributed by atoms with Gasteiger partial charge in [0.15, 0.2) is 0 Å². The molecule has 1 aromatic rings. The van der Waals surface area contributed by atoms with Crippen LogP contribution in [0.25, 0.3) is 0 Å². The van der Waals surface area contributed by atoms with Crippen LogP contribution in [0.2, 0.25) is 0 Å². The topological polar surface area (TPSA) is 67.6 Å². The minimum absolute atomic E-state index is 0.231. The lowest BCUT2D eigenvalue weighted by Crippen LogP contribution is -2.38. The molecule has 1 saturated heterocycles. The maximum atomic E-state index is 12.0. The molecule has 1 amide bonds. The van der Waals surface area contributed by atoms with Crippen LogP contribution in [-0.4, -0.2) is 35.7 Å². The summed E-state index contributed by atoms with van der Waals surface area (Å²) in [6.07, 6.45) is 0.706. The van der Waals surface area contributed by atoms with E-state index in [-0.39, 0.29) is 12.1 Å². The number of nitrogens with zero attached hydrogens (tertiary/aromatic N) is 1. The summed E-state index contributed by atoms with van der Waals surface area (Å²) in [5.41, 5.74) is 7.37. The number of amides is 1. The van der Waals surface area contributed by atoms with Gasteiger partial charge in [-0.25, -0.2) is 4.79 Å². The Morgan fingerprint density at radius 2 is 2.14 bits per heavy atom. The molecule has 3 N–H and O–H groups in total. The van der Waals surface area contributed by atoms with Crippen LogP contribution in [0.15, 0.2) is 24.3 Å². The van der Waals surface area contributed by atoms with Crippen LogP contribution in [-0.2, 0) is 11.3 Å². The van der Waals surface area contributed by atoms with E-state index in [1.165, 1.54) is 0 Å². The van der Waals surface area contributed by atoms with Crippen molar-refractivity contribution in [3.8, 4) is 0 Å². The largest absolute Gasteiger partial charge is 0.444 e. The molecule has 116 valence electrons. The number of nitrogens with one attached hydrogen (secondary N) is 1. The van der Waals surface area contributed by atoms with Crippen molar-refractivity contribution in [1.82, 2.24) is 10.2 Å². The number of hydrogen-bond acceptors (Lipinski definition) is 4. The third kappa shape index (κ3) is 4.63. The smallest absolute Gasteiger partial charge is 0.410 e. The van der Waals surface area contributed by atoms with Crippen LogP contribution in [0.3, 0.4) is 0 Å². The molecule has 1 aliphatic heterocycles. The Morgan fingerprint density at radius 3 is 2.81 bits per heavy atom. The van der Waals surface area contributed by atoms with Crippen LogP contribution in [0.4, 0.5) is 10.5 Å². The van der Waals surface area contributed by atoms with Gasteiger partial charge in [-0.3, -0.25) is 0 Å². The van der Waals surface area contributed by atoms with E-state index in [0.717, 1.165) is 30.8 Å². The molecule has 5 nitrogen and oxygen atoms in total. The molecule has 1 unspecified atom stereocenters. The van der Waals surface area contributed by atoms with Gasteiger partial charge in [-0.15, -0.1) is 0 Å². The molecule has 2 rings (SSSR count). The molecule has 0 aliphatic carbocycles. The zero-order valence-corrected chi connectivity index (χ0v) is 13.1. The Bertz CT molecular complexity index is 497. The summed E-state index contributed by atoms with van der Waals surface area (Å²) in [5.74, 6) is 0. The molecule has 1 aliphatic rings. The fourth-order valence-corrected chi connectivity index (χ4v) is 2.37. The number of carbonyl (C=O) groups excluding carboxylic acids is 1. The number of hydrogen-bond donors (Lipinski definition) is 2. The molecule has 5 heteroatoms. The Morgan fingerprint density at radius 1 is 1.43 bits per heavy atom. The van der Waals surface area contributed by atoms with Gasteiger partial charge in [0.1, 0.15) is 5.60 Å². The second-order valence-electron chi connectivity index (χ2n) is 6.49. The fourth-order valence-electron chi connectivity index (χ4n) is 2.37. The summed E-state index contributed by atoms with van der Waals surface area (Å²) in [4.78, 5) is 13.8. The lowest BCUT2D eigenvalue weighted by molar-refractivity contribution is 0.0291. The molecule has 0 saturated carbocycles. The Hall–Kier alpha value is -1.75. The number of carbonyl (C=O) groups is 1. The maximum absolute atomic E-state index is 12.0. The summed E-state index contributed by atoms with van der Waals surface area (Å²) in [6, 6.07) is 8.12. The average molecular weight is 291 g/mol. The van der Waals surface area contributed by atoms with Crippen molar-refractivity contribution >= 4 is 11.8 Å². The number of benzene rings is 1. The first-order valence-electron chi connectivity index (χ1n) is 7.40. The predicted molar refractivity (Wildman–Crippen MR) is 83.9 cm³/mol. The number of para-hydroxylation sites is 1. The van der Waals surface area contributed by atoms with E-state index in [9.17, 15) is 4.79 Å². The summed E-state index contributed by atoms with van der Waals surface area (Å²) >= 11 is 0. The fraction of sp³-hybridized carbons (Fsp3) is 0.562. The van der Waals surface area contributed by atoms with Crippen molar-refractivity contribution in [3.63, 3.8) is 0 Å². The Kier molecular flexibility index (Phi) is 4.73. The molecule has 1 fully saturated rings. The average Bonchev–Trinajstić information content (AvgIpc) is 2.85. The third-order valence-corrected chi connectivity index (χ3v) is 3.48. The van der Waals surface area contributed by atoms with Crippen molar-refractivity contribution < 1.29 is 9.53 Å². The quantitative estimate of drug-likeness (QED) is 0.839. The van der Waals surface area contributed by atoms with Gasteiger partial charge in [0.25, 0.3) is 0 Å². The van der Waals surface area contributed by atoms with Crippen molar-refractivity contribution in [2.75, 3.05) is 18.8 Å². The number of nitrogens with two attached hydrogens (primary N) is 1. The summed E-state index contributed by atoms with van der Waals surface area (Å²) < 4.78 is 5.39. The monoisotopic (exact) mass is 291 g/mol. The van der Waals surface area contributed by atoms with Gasteiger partial charge in [-0.1, -0.05) is 18.2 Å². The van der Waals surface area contributed by atoms with Gasteiger partial charge in [-0.05, 0) is 38.8 Å². The summed E-state index contributed by atoms with van der Waals surface area (Å²) in [6.45, 7) is 7.79. The number of ether oxygens (including phenoxy) is 1. The molecule has 0 radical (unpaired) electrons. The standard InChI is InChI=1S/C16H25N3O2/c1-16(2,3)21-15(20)19-9-8-13(11-19)18-10-12-6-4-5-7-14(12)17/h4-7,13,18H,8-11,17H2,1-3H3. The highest BCUT2D eigenvalue weighted by Gasteiger charge is 2.29. The number of likely N-dealkylation sites (tertiary alicyclic amines) is 1. The molecular weight excluding hydrogens is 266 g/mol. The summed E-state index contributed by atoms with van der Waals surface area (Å²) in [7, 11) is 0. The zero-order chi connectivity index (χ0) is 15.5. The van der Waals surface area contributed by atoms with E-state index in [0.29, 0.717) is 6.54 Å². The first kappa shape index (κ1) is 15.6. The number of nitrogen functional groups attached to an aromatic ring is 1. The molecule has 1 heterocycles. The number of anilines is 1. The molecule has 1 aromatic carbocycles. The van der Waals surface area contributed by atoms with Crippen molar-refractivity contribution in [3.05, 3.63) is 29.8 Å². The van der Waals surface area contributed by atoms with Gasteiger partial charge >= 0.3 is 6.09 Å². The molecule has 1 atom stereocenters. The van der Waals surface area contributed by atoms with Crippen molar-refractivity contribution in [2.24, 2.45) is 0 Å². The second-order valence-corrected chi connectivity index (χ2v) is 6.49. The Balaban J connectivity index is 1.80. The molecule has 0 aromatic heterocycles. The molecule has 0 spiro atoms. The van der Waals surface area contributed by atoms with Gasteiger partial charge in [0.05, 0.1) is 0 Å². The first-order valence-corrected chi connectivity index (χ1v) is 7.40. The maximum Gasteiger partial charge on any atom is 0.410 e. The van der Waals surface area contributed by atoms with Gasteiger partial charge in [-0.2, -0.15) is 0 Å². The van der Waals surface area contributed by atoms with Crippen LogP contribution >= 0.6 is 0 Å². The zero-order valence-electron chi connectivity index (χ0n) is 13.1. The minimum atomic E-state index is -0.443. The van der Waals surface area contributed by atoms with Gasteiger partial charge in [0.2, 0.25) is 0 Å². The van der Waals surface area contributed by atoms with Crippen molar-refractivity contribution in [1.29, 1.82) is 0 Å². The van der Waals surface area contributed by atoms with Crippen LogP contribution < -0.4 is 11.1 Å². The van der Waals surface area contributed by atoms with E-state index in [1.807, 2.05) is 45.0 Å². The van der Waals surface area contributed by atoms with Crippen LogP contribution in [0, 0.1) is 0 Å².